The van der Waals surface area contributed by atoms with Crippen molar-refractivity contribution >= 4 is 17.5 Å². The van der Waals surface area contributed by atoms with Crippen LogP contribution in [-0.2, 0) is 0 Å². The Kier molecular flexibility index (Phi) is 5.30. The summed E-state index contributed by atoms with van der Waals surface area (Å²) in [4.78, 5) is 28.5. The van der Waals surface area contributed by atoms with E-state index in [1.807, 2.05) is 13.8 Å². The molecule has 0 unspecified atom stereocenters. The number of nitrogens with one attached hydrogen (secondary N) is 2. The van der Waals surface area contributed by atoms with Gasteiger partial charge in [-0.25, -0.2) is 0 Å². The number of ether oxygens (including phenoxy) is 1. The summed E-state index contributed by atoms with van der Waals surface area (Å²) in [5.74, 6) is -0.187. The number of nitrogens with zero attached hydrogens (tertiary/aromatic N) is 1. The number of anilines is 1. The Hall–Kier alpha value is -2.89. The number of hydrogen-bond donors (Lipinski definition) is 2. The van der Waals surface area contributed by atoms with E-state index in [9.17, 15) is 9.59 Å². The van der Waals surface area contributed by atoms with Gasteiger partial charge >= 0.3 is 0 Å². The van der Waals surface area contributed by atoms with Crippen molar-refractivity contribution in [3.8, 4) is 5.75 Å². The largest absolute Gasteiger partial charge is 0.496 e. The van der Waals surface area contributed by atoms with Gasteiger partial charge in [-0.15, -0.1) is 0 Å². The Labute approximate surface area is 134 Å². The Bertz CT molecular complexity index is 699. The van der Waals surface area contributed by atoms with Crippen LogP contribution in [-0.4, -0.2) is 29.9 Å². The molecule has 2 amide bonds. The molecule has 120 valence electrons. The SMILES string of the molecule is COc1ccc(C(=O)Nc2cccnc2)cc1C(=O)NC(C)C. The van der Waals surface area contributed by atoms with Crippen molar-refractivity contribution in [1.82, 2.24) is 10.3 Å². The van der Waals surface area contributed by atoms with Gasteiger partial charge in [0.15, 0.2) is 0 Å². The lowest BCUT2D eigenvalue weighted by atomic mass is 10.1. The Morgan fingerprint density at radius 2 is 1.96 bits per heavy atom. The highest BCUT2D eigenvalue weighted by molar-refractivity contribution is 6.06. The van der Waals surface area contributed by atoms with Crippen LogP contribution in [0.4, 0.5) is 5.69 Å². The number of pyridine rings is 1. The molecule has 1 heterocycles. The number of rotatable bonds is 5. The Morgan fingerprint density at radius 1 is 1.17 bits per heavy atom. The van der Waals surface area contributed by atoms with Crippen LogP contribution in [0.25, 0.3) is 0 Å². The molecule has 0 aliphatic rings. The maximum atomic E-state index is 12.3. The summed E-state index contributed by atoms with van der Waals surface area (Å²) in [5.41, 5.74) is 1.27. The number of amides is 2. The van der Waals surface area contributed by atoms with Gasteiger partial charge in [0.05, 0.1) is 24.6 Å². The minimum Gasteiger partial charge on any atom is -0.496 e. The first-order valence-electron chi connectivity index (χ1n) is 7.21. The van der Waals surface area contributed by atoms with Gasteiger partial charge in [0.1, 0.15) is 5.75 Å². The predicted octanol–water partition coefficient (Wildman–Crippen LogP) is 2.48. The number of benzene rings is 1. The molecule has 2 rings (SSSR count). The fourth-order valence-corrected chi connectivity index (χ4v) is 2.01. The Morgan fingerprint density at radius 3 is 2.57 bits per heavy atom. The first-order valence-corrected chi connectivity index (χ1v) is 7.21. The van der Waals surface area contributed by atoms with Crippen LogP contribution in [0.2, 0.25) is 0 Å². The van der Waals surface area contributed by atoms with Gasteiger partial charge in [0, 0.05) is 17.8 Å². The fraction of sp³-hybridized carbons (Fsp3) is 0.235. The molecule has 1 aromatic heterocycles. The molecule has 0 saturated carbocycles. The first-order chi connectivity index (χ1) is 11.0. The van der Waals surface area contributed by atoms with Gasteiger partial charge in [0.2, 0.25) is 0 Å². The number of carbonyl (C=O) groups excluding carboxylic acids is 2. The van der Waals surface area contributed by atoms with Crippen molar-refractivity contribution in [2.45, 2.75) is 19.9 Å². The first kappa shape index (κ1) is 16.5. The van der Waals surface area contributed by atoms with Crippen LogP contribution in [0.15, 0.2) is 42.7 Å². The average molecular weight is 313 g/mol. The zero-order valence-corrected chi connectivity index (χ0v) is 13.3. The third-order valence-electron chi connectivity index (χ3n) is 3.05. The molecule has 2 N–H and O–H groups in total. The molecule has 2 aromatic rings. The van der Waals surface area contributed by atoms with Gasteiger partial charge in [-0.05, 0) is 44.2 Å². The van der Waals surface area contributed by atoms with Crippen molar-refractivity contribution in [1.29, 1.82) is 0 Å². The standard InChI is InChI=1S/C17H19N3O3/c1-11(2)19-17(22)14-9-12(6-7-15(14)23-3)16(21)20-13-5-4-8-18-10-13/h4-11H,1-3H3,(H,19,22)(H,20,21). The molecule has 0 bridgehead atoms. The van der Waals surface area contributed by atoms with E-state index < -0.39 is 0 Å². The van der Waals surface area contributed by atoms with Crippen molar-refractivity contribution in [2.75, 3.05) is 12.4 Å². The lowest BCUT2D eigenvalue weighted by Gasteiger charge is -2.13. The van der Waals surface area contributed by atoms with Crippen LogP contribution >= 0.6 is 0 Å². The van der Waals surface area contributed by atoms with Crippen LogP contribution < -0.4 is 15.4 Å². The predicted molar refractivity (Wildman–Crippen MR) is 87.8 cm³/mol. The Balaban J connectivity index is 2.26. The molecule has 0 atom stereocenters. The van der Waals surface area contributed by atoms with E-state index >= 15 is 0 Å². The minimum atomic E-state index is -0.320. The van der Waals surface area contributed by atoms with Gasteiger partial charge in [0.25, 0.3) is 11.8 Å². The highest BCUT2D eigenvalue weighted by Crippen LogP contribution is 2.21. The topological polar surface area (TPSA) is 80.3 Å². The van der Waals surface area contributed by atoms with Crippen LogP contribution in [0, 0.1) is 0 Å². The van der Waals surface area contributed by atoms with E-state index in [0.29, 0.717) is 22.6 Å². The molecule has 6 nitrogen and oxygen atoms in total. The summed E-state index contributed by atoms with van der Waals surface area (Å²) < 4.78 is 5.20. The molecular weight excluding hydrogens is 294 g/mol. The zero-order valence-electron chi connectivity index (χ0n) is 13.3. The van der Waals surface area contributed by atoms with E-state index in [1.165, 1.54) is 13.2 Å². The molecule has 0 radical (unpaired) electrons. The third kappa shape index (κ3) is 4.29. The molecule has 0 saturated heterocycles. The lowest BCUT2D eigenvalue weighted by molar-refractivity contribution is 0.0940. The number of methoxy groups -OCH3 is 1. The second-order valence-electron chi connectivity index (χ2n) is 5.24. The maximum Gasteiger partial charge on any atom is 0.255 e. The smallest absolute Gasteiger partial charge is 0.255 e. The van der Waals surface area contributed by atoms with Crippen LogP contribution in [0.3, 0.4) is 0 Å². The monoisotopic (exact) mass is 313 g/mol. The van der Waals surface area contributed by atoms with Crippen LogP contribution in [0.1, 0.15) is 34.6 Å². The van der Waals surface area contributed by atoms with E-state index in [-0.39, 0.29) is 17.9 Å². The molecule has 0 aliphatic heterocycles. The molecule has 0 spiro atoms. The summed E-state index contributed by atoms with van der Waals surface area (Å²) >= 11 is 0. The maximum absolute atomic E-state index is 12.3. The molecule has 0 fully saturated rings. The normalized spacial score (nSPS) is 10.3. The summed E-state index contributed by atoms with van der Waals surface area (Å²) in [6.07, 6.45) is 3.17. The molecule has 0 aliphatic carbocycles. The lowest BCUT2D eigenvalue weighted by Crippen LogP contribution is -2.30. The molecule has 23 heavy (non-hydrogen) atoms. The fourth-order valence-electron chi connectivity index (χ4n) is 2.01. The van der Waals surface area contributed by atoms with Crippen molar-refractivity contribution in [3.63, 3.8) is 0 Å². The second kappa shape index (κ2) is 7.40. The van der Waals surface area contributed by atoms with Gasteiger partial charge in [-0.3, -0.25) is 14.6 Å². The van der Waals surface area contributed by atoms with Crippen molar-refractivity contribution in [2.24, 2.45) is 0 Å². The quantitative estimate of drug-likeness (QED) is 0.888. The minimum absolute atomic E-state index is 0.0138. The highest BCUT2D eigenvalue weighted by atomic mass is 16.5. The van der Waals surface area contributed by atoms with Gasteiger partial charge < -0.3 is 15.4 Å². The summed E-state index contributed by atoms with van der Waals surface area (Å²) in [5, 5.41) is 5.52. The summed E-state index contributed by atoms with van der Waals surface area (Å²) in [7, 11) is 1.48. The van der Waals surface area contributed by atoms with Crippen molar-refractivity contribution < 1.29 is 14.3 Å². The third-order valence-corrected chi connectivity index (χ3v) is 3.05. The summed E-state index contributed by atoms with van der Waals surface area (Å²) in [6, 6.07) is 8.18. The molecular formula is C17H19N3O3. The molecule has 6 heteroatoms. The van der Waals surface area contributed by atoms with Crippen molar-refractivity contribution in [3.05, 3.63) is 53.9 Å². The zero-order chi connectivity index (χ0) is 16.8. The van der Waals surface area contributed by atoms with Gasteiger partial charge in [-0.2, -0.15) is 0 Å². The number of hydrogen-bond acceptors (Lipinski definition) is 4. The highest BCUT2D eigenvalue weighted by Gasteiger charge is 2.16. The number of aromatic nitrogens is 1. The van der Waals surface area contributed by atoms with Gasteiger partial charge in [-0.1, -0.05) is 0 Å². The van der Waals surface area contributed by atoms with E-state index in [4.69, 9.17) is 4.74 Å². The number of carbonyl (C=O) groups is 2. The molecule has 1 aromatic carbocycles. The van der Waals surface area contributed by atoms with E-state index in [1.54, 1.807) is 36.7 Å². The van der Waals surface area contributed by atoms with Crippen LogP contribution in [0.5, 0.6) is 5.75 Å². The summed E-state index contributed by atoms with van der Waals surface area (Å²) in [6.45, 7) is 3.73. The van der Waals surface area contributed by atoms with E-state index in [0.717, 1.165) is 0 Å². The second-order valence-corrected chi connectivity index (χ2v) is 5.24. The van der Waals surface area contributed by atoms with E-state index in [2.05, 4.69) is 15.6 Å². The average Bonchev–Trinajstić information content (AvgIpc) is 2.54.